The van der Waals surface area contributed by atoms with Crippen LogP contribution in [0.25, 0.3) is 6.08 Å². The Kier molecular flexibility index (Phi) is 2.53. The van der Waals surface area contributed by atoms with Crippen LogP contribution >= 0.6 is 0 Å². The monoisotopic (exact) mass is 235 g/mol. The minimum Gasteiger partial charge on any atom is -0.497 e. The Balaban J connectivity index is 2.54. The molecule has 0 N–H and O–H groups in total. The van der Waals surface area contributed by atoms with Crippen molar-refractivity contribution in [2.75, 3.05) is 7.11 Å². The van der Waals surface area contributed by atoms with E-state index in [1.807, 2.05) is 0 Å². The van der Waals surface area contributed by atoms with Gasteiger partial charge in [0, 0.05) is 11.6 Å². The van der Waals surface area contributed by atoms with Crippen LogP contribution in [-0.4, -0.2) is 17.6 Å². The van der Waals surface area contributed by atoms with Gasteiger partial charge in [-0.25, -0.2) is 0 Å². The van der Waals surface area contributed by atoms with Crippen molar-refractivity contribution in [3.8, 4) is 11.5 Å². The summed E-state index contributed by atoms with van der Waals surface area (Å²) in [6, 6.07) is 5.23. The molecule has 1 aliphatic rings. The molecule has 0 bridgehead atoms. The zero-order valence-electron chi connectivity index (χ0n) is 9.89. The van der Waals surface area contributed by atoms with Crippen LogP contribution in [0.2, 0.25) is 0 Å². The predicted octanol–water partition coefficient (Wildman–Crippen LogP) is 2.48. The van der Waals surface area contributed by atoms with Crippen LogP contribution in [0.15, 0.2) is 23.9 Å². The lowest BCUT2D eigenvalue weighted by atomic mass is 9.98. The highest BCUT2D eigenvalue weighted by Crippen LogP contribution is 2.37. The van der Waals surface area contributed by atoms with Gasteiger partial charge in [0.25, 0.3) is 5.70 Å². The first-order chi connectivity index (χ1) is 7.94. The van der Waals surface area contributed by atoms with Crippen molar-refractivity contribution in [3.05, 3.63) is 39.6 Å². The molecule has 1 aromatic rings. The molecule has 0 unspecified atom stereocenters. The zero-order valence-corrected chi connectivity index (χ0v) is 9.89. The molecule has 0 saturated heterocycles. The van der Waals surface area contributed by atoms with Crippen molar-refractivity contribution in [3.63, 3.8) is 0 Å². The van der Waals surface area contributed by atoms with E-state index in [1.54, 1.807) is 39.2 Å². The first-order valence-corrected chi connectivity index (χ1v) is 5.17. The molecule has 1 aromatic carbocycles. The molecule has 0 fully saturated rings. The number of benzene rings is 1. The average Bonchev–Trinajstić information content (AvgIpc) is 2.26. The molecule has 0 aromatic heterocycles. The first kappa shape index (κ1) is 11.4. The molecule has 5 nitrogen and oxygen atoms in total. The van der Waals surface area contributed by atoms with Gasteiger partial charge in [-0.15, -0.1) is 0 Å². The second-order valence-corrected chi connectivity index (χ2v) is 4.30. The van der Waals surface area contributed by atoms with E-state index in [0.29, 0.717) is 17.1 Å². The lowest BCUT2D eigenvalue weighted by Crippen LogP contribution is -2.36. The Morgan fingerprint density at radius 2 is 2.12 bits per heavy atom. The molecule has 0 aliphatic carbocycles. The quantitative estimate of drug-likeness (QED) is 0.583. The van der Waals surface area contributed by atoms with Gasteiger partial charge in [-0.1, -0.05) is 0 Å². The summed E-state index contributed by atoms with van der Waals surface area (Å²) in [6.07, 6.45) is 1.53. The molecule has 1 heterocycles. The maximum Gasteiger partial charge on any atom is 0.289 e. The number of hydrogen-bond donors (Lipinski definition) is 0. The second-order valence-electron chi connectivity index (χ2n) is 4.30. The summed E-state index contributed by atoms with van der Waals surface area (Å²) >= 11 is 0. The molecule has 0 atom stereocenters. The number of ether oxygens (including phenoxy) is 2. The van der Waals surface area contributed by atoms with E-state index in [1.165, 1.54) is 6.08 Å². The molecule has 0 saturated carbocycles. The Hall–Kier alpha value is -2.04. The van der Waals surface area contributed by atoms with E-state index in [-0.39, 0.29) is 5.70 Å². The van der Waals surface area contributed by atoms with E-state index in [4.69, 9.17) is 9.47 Å². The molecular weight excluding hydrogens is 222 g/mol. The number of rotatable bonds is 2. The Bertz CT molecular complexity index is 505. The van der Waals surface area contributed by atoms with Gasteiger partial charge in [-0.05, 0) is 32.0 Å². The second kappa shape index (κ2) is 3.76. The topological polar surface area (TPSA) is 61.6 Å². The van der Waals surface area contributed by atoms with Crippen molar-refractivity contribution in [1.82, 2.24) is 0 Å². The van der Waals surface area contributed by atoms with Crippen molar-refractivity contribution in [2.45, 2.75) is 19.4 Å². The summed E-state index contributed by atoms with van der Waals surface area (Å²) in [4.78, 5) is 10.5. The maximum atomic E-state index is 11.0. The van der Waals surface area contributed by atoms with Gasteiger partial charge in [-0.3, -0.25) is 10.1 Å². The highest BCUT2D eigenvalue weighted by molar-refractivity contribution is 5.64. The number of nitrogens with zero attached hydrogens (tertiary/aromatic N) is 1. The van der Waals surface area contributed by atoms with Gasteiger partial charge in [-0.2, -0.15) is 0 Å². The van der Waals surface area contributed by atoms with E-state index < -0.39 is 10.5 Å². The predicted molar refractivity (Wildman–Crippen MR) is 62.7 cm³/mol. The fraction of sp³-hybridized carbons (Fsp3) is 0.333. The van der Waals surface area contributed by atoms with Crippen molar-refractivity contribution in [2.24, 2.45) is 0 Å². The maximum absolute atomic E-state index is 11.0. The highest BCUT2D eigenvalue weighted by Gasteiger charge is 2.39. The molecule has 0 spiro atoms. The number of methoxy groups -OCH3 is 1. The third-order valence-corrected chi connectivity index (χ3v) is 2.69. The molecule has 1 aliphatic heterocycles. The first-order valence-electron chi connectivity index (χ1n) is 5.17. The summed E-state index contributed by atoms with van der Waals surface area (Å²) < 4.78 is 10.7. The SMILES string of the molecule is COc1ccc2c(c1)C=C([N+](=O)[O-])C(C)(C)O2. The highest BCUT2D eigenvalue weighted by atomic mass is 16.6. The van der Waals surface area contributed by atoms with Gasteiger partial charge in [0.2, 0.25) is 0 Å². The van der Waals surface area contributed by atoms with Crippen molar-refractivity contribution in [1.29, 1.82) is 0 Å². The zero-order chi connectivity index (χ0) is 12.6. The van der Waals surface area contributed by atoms with Crippen LogP contribution in [-0.2, 0) is 0 Å². The van der Waals surface area contributed by atoms with E-state index in [2.05, 4.69) is 0 Å². The Labute approximate surface area is 98.8 Å². The minimum atomic E-state index is -0.926. The number of nitro groups is 1. The lowest BCUT2D eigenvalue weighted by molar-refractivity contribution is -0.439. The van der Waals surface area contributed by atoms with Gasteiger partial charge >= 0.3 is 0 Å². The largest absolute Gasteiger partial charge is 0.497 e. The average molecular weight is 235 g/mol. The summed E-state index contributed by atoms with van der Waals surface area (Å²) in [7, 11) is 1.55. The van der Waals surface area contributed by atoms with Gasteiger partial charge in [0.15, 0.2) is 5.60 Å². The number of fused-ring (bicyclic) bond motifs is 1. The molecule has 90 valence electrons. The summed E-state index contributed by atoms with van der Waals surface area (Å²) in [6.45, 7) is 3.35. The molecule has 2 rings (SSSR count). The van der Waals surface area contributed by atoms with Gasteiger partial charge in [0.05, 0.1) is 12.0 Å². The molecular formula is C12H13NO4. The Morgan fingerprint density at radius 3 is 2.71 bits per heavy atom. The summed E-state index contributed by atoms with van der Waals surface area (Å²) in [5.41, 5.74) is -0.223. The van der Waals surface area contributed by atoms with E-state index in [9.17, 15) is 10.1 Å². The van der Waals surface area contributed by atoms with Crippen LogP contribution in [0.4, 0.5) is 0 Å². The Morgan fingerprint density at radius 1 is 1.41 bits per heavy atom. The van der Waals surface area contributed by atoms with Crippen molar-refractivity contribution >= 4 is 6.08 Å². The molecule has 0 radical (unpaired) electrons. The van der Waals surface area contributed by atoms with E-state index in [0.717, 1.165) is 0 Å². The third kappa shape index (κ3) is 1.95. The van der Waals surface area contributed by atoms with Crippen LogP contribution in [0, 0.1) is 10.1 Å². The molecule has 5 heteroatoms. The smallest absolute Gasteiger partial charge is 0.289 e. The van der Waals surface area contributed by atoms with Crippen LogP contribution in [0.1, 0.15) is 19.4 Å². The summed E-state index contributed by atoms with van der Waals surface area (Å²) in [5.74, 6) is 1.27. The fourth-order valence-electron chi connectivity index (χ4n) is 1.78. The summed E-state index contributed by atoms with van der Waals surface area (Å²) in [5, 5.41) is 11.0. The minimum absolute atomic E-state index is 0.0400. The fourth-order valence-corrected chi connectivity index (χ4v) is 1.78. The van der Waals surface area contributed by atoms with Gasteiger partial charge in [0.1, 0.15) is 11.5 Å². The van der Waals surface area contributed by atoms with Crippen LogP contribution in [0.5, 0.6) is 11.5 Å². The third-order valence-electron chi connectivity index (χ3n) is 2.69. The van der Waals surface area contributed by atoms with Crippen LogP contribution in [0.3, 0.4) is 0 Å². The van der Waals surface area contributed by atoms with Gasteiger partial charge < -0.3 is 9.47 Å². The van der Waals surface area contributed by atoms with Crippen molar-refractivity contribution < 1.29 is 14.4 Å². The number of hydrogen-bond acceptors (Lipinski definition) is 4. The standard InChI is InChI=1S/C12H13NO4/c1-12(2)11(13(14)15)7-8-6-9(16-3)4-5-10(8)17-12/h4-7H,1-3H3. The van der Waals surface area contributed by atoms with Crippen LogP contribution < -0.4 is 9.47 Å². The molecule has 0 amide bonds. The van der Waals surface area contributed by atoms with E-state index >= 15 is 0 Å². The lowest BCUT2D eigenvalue weighted by Gasteiger charge is -2.28. The normalized spacial score (nSPS) is 16.5. The molecule has 17 heavy (non-hydrogen) atoms.